The molecule has 9 heteroatoms. The van der Waals surface area contributed by atoms with E-state index in [2.05, 4.69) is 15.6 Å². The first kappa shape index (κ1) is 20.0. The van der Waals surface area contributed by atoms with Crippen molar-refractivity contribution in [3.8, 4) is 0 Å². The van der Waals surface area contributed by atoms with Crippen LogP contribution in [-0.2, 0) is 21.5 Å². The first-order chi connectivity index (χ1) is 13.7. The minimum atomic E-state index is -3.50. The van der Waals surface area contributed by atoms with Gasteiger partial charge in [0.2, 0.25) is 5.91 Å². The zero-order valence-corrected chi connectivity index (χ0v) is 16.3. The minimum Gasteiger partial charge on any atom is -0.377 e. The first-order valence-corrected chi connectivity index (χ1v) is 9.55. The Hall–Kier alpha value is -2.32. The molecule has 0 spiro atoms. The third kappa shape index (κ3) is 3.55. The summed E-state index contributed by atoms with van der Waals surface area (Å²) in [4.78, 5) is 16.2. The molecule has 5 nitrogen and oxygen atoms in total. The summed E-state index contributed by atoms with van der Waals surface area (Å²) in [7, 11) is 0. The van der Waals surface area contributed by atoms with Crippen LogP contribution in [0.1, 0.15) is 36.2 Å². The van der Waals surface area contributed by atoms with Crippen LogP contribution in [0.3, 0.4) is 0 Å². The molecule has 2 heterocycles. The molecule has 154 valence electrons. The second-order valence-corrected chi connectivity index (χ2v) is 7.93. The zero-order chi connectivity index (χ0) is 20.8. The Morgan fingerprint density at radius 1 is 1.34 bits per heavy atom. The number of aryl methyl sites for hydroxylation is 1. The molecule has 1 aliphatic carbocycles. The maximum atomic E-state index is 14.8. The Kier molecular flexibility index (Phi) is 4.94. The Morgan fingerprint density at radius 3 is 2.93 bits per heavy atom. The number of nitrogens with zero attached hydrogens (tertiary/aromatic N) is 1. The van der Waals surface area contributed by atoms with Gasteiger partial charge in [-0.1, -0.05) is 11.6 Å². The fourth-order valence-electron chi connectivity index (χ4n) is 3.87. The van der Waals surface area contributed by atoms with Crippen LogP contribution in [0.15, 0.2) is 30.5 Å². The number of alkyl halides is 2. The average Bonchev–Trinajstić information content (AvgIpc) is 2.99. The van der Waals surface area contributed by atoms with Crippen molar-refractivity contribution >= 4 is 23.2 Å². The second kappa shape index (κ2) is 7.18. The van der Waals surface area contributed by atoms with Gasteiger partial charge in [-0.3, -0.25) is 9.78 Å². The molecule has 0 bridgehead atoms. The van der Waals surface area contributed by atoms with Crippen molar-refractivity contribution in [2.75, 3.05) is 18.5 Å². The quantitative estimate of drug-likeness (QED) is 0.781. The number of carbonyl (C=O) groups is 1. The smallest absolute Gasteiger partial charge is 0.297 e. The summed E-state index contributed by atoms with van der Waals surface area (Å²) in [6.07, 6.45) is 3.07. The van der Waals surface area contributed by atoms with E-state index in [0.717, 1.165) is 37.1 Å². The van der Waals surface area contributed by atoms with E-state index >= 15 is 0 Å². The molecule has 1 fully saturated rings. The van der Waals surface area contributed by atoms with E-state index < -0.39 is 36.4 Å². The lowest BCUT2D eigenvalue weighted by Gasteiger charge is -2.36. The molecule has 1 amide bonds. The molecule has 0 radical (unpaired) electrons. The van der Waals surface area contributed by atoms with Crippen molar-refractivity contribution in [3.63, 3.8) is 0 Å². The Balaban J connectivity index is 1.68. The van der Waals surface area contributed by atoms with Crippen LogP contribution in [0.2, 0.25) is 5.02 Å². The molecule has 2 aliphatic rings. The highest BCUT2D eigenvalue weighted by Gasteiger charge is 2.55. The highest BCUT2D eigenvalue weighted by molar-refractivity contribution is 6.30. The van der Waals surface area contributed by atoms with Gasteiger partial charge in [-0.15, -0.1) is 0 Å². The van der Waals surface area contributed by atoms with Crippen molar-refractivity contribution in [2.45, 2.75) is 37.3 Å². The monoisotopic (exact) mass is 425 g/mol. The summed E-state index contributed by atoms with van der Waals surface area (Å²) in [5.41, 5.74) is -0.264. The number of pyridine rings is 1. The van der Waals surface area contributed by atoms with E-state index in [4.69, 9.17) is 16.3 Å². The van der Waals surface area contributed by atoms with Crippen LogP contribution in [0.4, 0.5) is 18.9 Å². The fraction of sp³-hybridized carbons (Fsp3) is 0.400. The summed E-state index contributed by atoms with van der Waals surface area (Å²) in [5, 5.41) is 6.02. The molecule has 1 aromatic carbocycles. The van der Waals surface area contributed by atoms with Gasteiger partial charge in [0.25, 0.3) is 5.92 Å². The number of ether oxygens (including phenoxy) is 1. The number of benzene rings is 1. The lowest BCUT2D eigenvalue weighted by molar-refractivity contribution is -0.127. The van der Waals surface area contributed by atoms with E-state index in [1.165, 1.54) is 12.1 Å². The second-order valence-electron chi connectivity index (χ2n) is 7.50. The predicted molar refractivity (Wildman–Crippen MR) is 102 cm³/mol. The van der Waals surface area contributed by atoms with Crippen molar-refractivity contribution < 1.29 is 22.7 Å². The van der Waals surface area contributed by atoms with Crippen molar-refractivity contribution in [1.29, 1.82) is 0 Å². The lowest BCUT2D eigenvalue weighted by atomic mass is 9.85. The summed E-state index contributed by atoms with van der Waals surface area (Å²) in [5.74, 6) is -5.07. The van der Waals surface area contributed by atoms with Gasteiger partial charge in [0.1, 0.15) is 24.6 Å². The number of hydrogen-bond donors (Lipinski definition) is 2. The SMILES string of the molecule is CC1(c2cc(NC3CCc4cc(Cl)cnc43)ccc2F)NC(=O)COCC1(F)F. The maximum absolute atomic E-state index is 14.8. The van der Waals surface area contributed by atoms with Crippen LogP contribution in [0.25, 0.3) is 0 Å². The van der Waals surface area contributed by atoms with Crippen LogP contribution in [0, 0.1) is 5.82 Å². The molecule has 2 atom stereocenters. The van der Waals surface area contributed by atoms with Crippen molar-refractivity contribution in [2.24, 2.45) is 0 Å². The Bertz CT molecular complexity index is 972. The highest BCUT2D eigenvalue weighted by Crippen LogP contribution is 2.41. The largest absolute Gasteiger partial charge is 0.377 e. The third-order valence-corrected chi connectivity index (χ3v) is 5.69. The number of aromatic nitrogens is 1. The highest BCUT2D eigenvalue weighted by atomic mass is 35.5. The van der Waals surface area contributed by atoms with Gasteiger partial charge in [0, 0.05) is 17.4 Å². The summed E-state index contributed by atoms with van der Waals surface area (Å²) in [6, 6.07) is 5.60. The molecule has 4 rings (SSSR count). The number of amides is 1. The van der Waals surface area contributed by atoms with Gasteiger partial charge in [0.15, 0.2) is 0 Å². The van der Waals surface area contributed by atoms with Gasteiger partial charge >= 0.3 is 0 Å². The van der Waals surface area contributed by atoms with Crippen LogP contribution < -0.4 is 10.6 Å². The number of fused-ring (bicyclic) bond motifs is 1. The van der Waals surface area contributed by atoms with Gasteiger partial charge in [-0.2, -0.15) is 0 Å². The number of rotatable bonds is 3. The molecule has 29 heavy (non-hydrogen) atoms. The fourth-order valence-corrected chi connectivity index (χ4v) is 4.05. The van der Waals surface area contributed by atoms with E-state index in [1.807, 2.05) is 6.07 Å². The van der Waals surface area contributed by atoms with Gasteiger partial charge in [-0.05, 0) is 49.6 Å². The Morgan fingerprint density at radius 2 is 2.14 bits per heavy atom. The predicted octanol–water partition coefficient (Wildman–Crippen LogP) is 3.97. The van der Waals surface area contributed by atoms with Crippen molar-refractivity contribution in [3.05, 3.63) is 58.1 Å². The number of anilines is 1. The van der Waals surface area contributed by atoms with Gasteiger partial charge in [0.05, 0.1) is 16.8 Å². The third-order valence-electron chi connectivity index (χ3n) is 5.48. The van der Waals surface area contributed by atoms with Crippen LogP contribution in [-0.4, -0.2) is 30.0 Å². The van der Waals surface area contributed by atoms with Crippen molar-refractivity contribution in [1.82, 2.24) is 10.3 Å². The van der Waals surface area contributed by atoms with Crippen LogP contribution in [0.5, 0.6) is 0 Å². The zero-order valence-electron chi connectivity index (χ0n) is 15.6. The number of hydrogen-bond acceptors (Lipinski definition) is 4. The van der Waals surface area contributed by atoms with E-state index in [-0.39, 0.29) is 11.6 Å². The standard InChI is InChI=1S/C20H19ClF3N3O2/c1-19(20(23,24)10-29-9-17(28)27-19)14-7-13(3-4-15(14)22)26-16-5-2-11-6-12(21)8-25-18(11)16/h3-4,6-8,16,26H,2,5,9-10H2,1H3,(H,27,28). The van der Waals surface area contributed by atoms with Gasteiger partial charge < -0.3 is 15.4 Å². The van der Waals surface area contributed by atoms with E-state index in [0.29, 0.717) is 10.7 Å². The molecule has 2 N–H and O–H groups in total. The normalized spacial score (nSPS) is 25.8. The molecule has 1 aromatic heterocycles. The van der Waals surface area contributed by atoms with Gasteiger partial charge in [-0.25, -0.2) is 13.2 Å². The summed E-state index contributed by atoms with van der Waals surface area (Å²) in [6.45, 7) is -0.381. The number of carbonyl (C=O) groups excluding carboxylic acids is 1. The number of halogens is 4. The van der Waals surface area contributed by atoms with E-state index in [9.17, 15) is 18.0 Å². The molecule has 1 saturated heterocycles. The topological polar surface area (TPSA) is 63.2 Å². The molecule has 1 aliphatic heterocycles. The average molecular weight is 426 g/mol. The summed E-state index contributed by atoms with van der Waals surface area (Å²) < 4.78 is 48.9. The lowest BCUT2D eigenvalue weighted by Crippen LogP contribution is -2.56. The van der Waals surface area contributed by atoms with Crippen LogP contribution >= 0.6 is 11.6 Å². The maximum Gasteiger partial charge on any atom is 0.297 e. The summed E-state index contributed by atoms with van der Waals surface area (Å²) >= 11 is 5.98. The molecule has 0 saturated carbocycles. The molecular weight excluding hydrogens is 407 g/mol. The molecule has 2 unspecified atom stereocenters. The molecule has 2 aromatic rings. The number of nitrogens with one attached hydrogen (secondary N) is 2. The molecular formula is C20H19ClF3N3O2. The Labute approximate surface area is 170 Å². The first-order valence-electron chi connectivity index (χ1n) is 9.17. The van der Waals surface area contributed by atoms with E-state index in [1.54, 1.807) is 6.20 Å². The minimum absolute atomic E-state index is 0.152.